The zero-order valence-electron chi connectivity index (χ0n) is 15.7. The van der Waals surface area contributed by atoms with E-state index in [1.165, 1.54) is 51.4 Å². The lowest BCUT2D eigenvalue weighted by Crippen LogP contribution is -2.42. The highest BCUT2D eigenvalue weighted by molar-refractivity contribution is 5.67. The number of carboxylic acid groups (broad SMARTS) is 1. The topological polar surface area (TPSA) is 46.5 Å². The lowest BCUT2D eigenvalue weighted by Gasteiger charge is -2.28. The number of rotatable bonds is 15. The van der Waals surface area contributed by atoms with E-state index in [1.54, 1.807) is 6.26 Å². The summed E-state index contributed by atoms with van der Waals surface area (Å²) in [7, 11) is 6.13. The minimum atomic E-state index is -0.806. The molecule has 0 unspecified atom stereocenters. The van der Waals surface area contributed by atoms with Gasteiger partial charge in [-0.15, -0.1) is 0 Å². The van der Waals surface area contributed by atoms with Gasteiger partial charge in [-0.05, 0) is 18.9 Å². The Labute approximate surface area is 143 Å². The Morgan fingerprint density at radius 1 is 1.04 bits per heavy atom. The molecule has 0 saturated heterocycles. The molecule has 0 aromatic carbocycles. The standard InChI is InChI=1S/C19H37NO3/c1-5-6-7-8-9-10-11-12-13-14-15-23-18(16-19(21)22)17-20(2,3)4/h14-15,18H,5-13,16-17H2,1-4H3/p+1/t18-/m1/s1. The van der Waals surface area contributed by atoms with E-state index >= 15 is 0 Å². The molecule has 4 nitrogen and oxygen atoms in total. The summed E-state index contributed by atoms with van der Waals surface area (Å²) in [5.41, 5.74) is 0. The lowest BCUT2D eigenvalue weighted by atomic mass is 10.1. The first-order chi connectivity index (χ1) is 10.8. The molecule has 0 aliphatic rings. The first-order valence-corrected chi connectivity index (χ1v) is 9.18. The van der Waals surface area contributed by atoms with Crippen LogP contribution in [0.25, 0.3) is 0 Å². The Balaban J connectivity index is 3.73. The minimum Gasteiger partial charge on any atom is -0.492 e. The molecule has 0 rings (SSSR count). The lowest BCUT2D eigenvalue weighted by molar-refractivity contribution is -0.873. The van der Waals surface area contributed by atoms with Crippen LogP contribution in [0.1, 0.15) is 71.1 Å². The van der Waals surface area contributed by atoms with Gasteiger partial charge in [-0.25, -0.2) is 0 Å². The van der Waals surface area contributed by atoms with Crippen LogP contribution in [0.2, 0.25) is 0 Å². The largest absolute Gasteiger partial charge is 0.492 e. The average Bonchev–Trinajstić information content (AvgIpc) is 2.42. The van der Waals surface area contributed by atoms with Crippen LogP contribution in [0.5, 0.6) is 0 Å². The number of carboxylic acids is 1. The first-order valence-electron chi connectivity index (χ1n) is 9.18. The van der Waals surface area contributed by atoms with Gasteiger partial charge in [-0.1, -0.05) is 51.9 Å². The second-order valence-electron chi connectivity index (χ2n) is 7.46. The van der Waals surface area contributed by atoms with Crippen molar-refractivity contribution < 1.29 is 19.1 Å². The molecular formula is C19H38NO3+. The second kappa shape index (κ2) is 13.4. The molecule has 0 bridgehead atoms. The average molecular weight is 329 g/mol. The van der Waals surface area contributed by atoms with Gasteiger partial charge in [-0.3, -0.25) is 4.79 Å². The van der Waals surface area contributed by atoms with Crippen LogP contribution in [0.15, 0.2) is 12.3 Å². The van der Waals surface area contributed by atoms with Crippen molar-refractivity contribution in [2.75, 3.05) is 27.7 Å². The molecule has 4 heteroatoms. The van der Waals surface area contributed by atoms with Gasteiger partial charge in [0.2, 0.25) is 0 Å². The van der Waals surface area contributed by atoms with E-state index in [9.17, 15) is 4.79 Å². The maximum absolute atomic E-state index is 10.9. The Morgan fingerprint density at radius 2 is 1.61 bits per heavy atom. The highest BCUT2D eigenvalue weighted by Gasteiger charge is 2.21. The maximum Gasteiger partial charge on any atom is 0.307 e. The summed E-state index contributed by atoms with van der Waals surface area (Å²) in [5.74, 6) is -0.806. The van der Waals surface area contributed by atoms with Crippen molar-refractivity contribution in [2.45, 2.75) is 77.2 Å². The molecule has 0 heterocycles. The van der Waals surface area contributed by atoms with E-state index in [1.807, 2.05) is 27.2 Å². The quantitative estimate of drug-likeness (QED) is 0.271. The molecule has 0 radical (unpaired) electrons. The number of unbranched alkanes of at least 4 members (excludes halogenated alkanes) is 8. The summed E-state index contributed by atoms with van der Waals surface area (Å²) in [4.78, 5) is 10.9. The Morgan fingerprint density at radius 3 is 2.13 bits per heavy atom. The number of allylic oxidation sites excluding steroid dienone is 1. The predicted octanol–water partition coefficient (Wildman–Crippen LogP) is 4.60. The number of hydrogen-bond acceptors (Lipinski definition) is 2. The summed E-state index contributed by atoms with van der Waals surface area (Å²) < 4.78 is 6.32. The molecule has 0 saturated carbocycles. The van der Waals surface area contributed by atoms with Gasteiger partial charge >= 0.3 is 5.97 Å². The van der Waals surface area contributed by atoms with Gasteiger partial charge in [0.25, 0.3) is 0 Å². The molecule has 0 aliphatic carbocycles. The predicted molar refractivity (Wildman–Crippen MR) is 96.4 cm³/mol. The Bertz CT molecular complexity index is 321. The highest BCUT2D eigenvalue weighted by Crippen LogP contribution is 2.10. The molecule has 0 aliphatic heterocycles. The van der Waals surface area contributed by atoms with E-state index < -0.39 is 5.97 Å². The van der Waals surface area contributed by atoms with Crippen molar-refractivity contribution in [3.63, 3.8) is 0 Å². The van der Waals surface area contributed by atoms with Crippen LogP contribution in [0.4, 0.5) is 0 Å². The third kappa shape index (κ3) is 17.2. The van der Waals surface area contributed by atoms with Crippen molar-refractivity contribution in [3.8, 4) is 0 Å². The summed E-state index contributed by atoms with van der Waals surface area (Å²) in [6, 6.07) is 0. The van der Waals surface area contributed by atoms with Crippen LogP contribution < -0.4 is 0 Å². The molecule has 0 amide bonds. The fourth-order valence-electron chi connectivity index (χ4n) is 2.59. The zero-order valence-corrected chi connectivity index (χ0v) is 15.7. The zero-order chi connectivity index (χ0) is 17.6. The molecule has 0 aromatic rings. The van der Waals surface area contributed by atoms with Gasteiger partial charge in [0.15, 0.2) is 6.10 Å². The monoisotopic (exact) mass is 328 g/mol. The van der Waals surface area contributed by atoms with Crippen molar-refractivity contribution >= 4 is 5.97 Å². The van der Waals surface area contributed by atoms with Crippen molar-refractivity contribution in [1.82, 2.24) is 0 Å². The smallest absolute Gasteiger partial charge is 0.307 e. The SMILES string of the molecule is CCCCCCCCCCC=CO[C@H](CC(=O)O)C[N+](C)(C)C. The molecule has 136 valence electrons. The molecule has 0 spiro atoms. The fraction of sp³-hybridized carbons (Fsp3) is 0.842. The van der Waals surface area contributed by atoms with Crippen molar-refractivity contribution in [3.05, 3.63) is 12.3 Å². The van der Waals surface area contributed by atoms with Crippen LogP contribution in [0.3, 0.4) is 0 Å². The molecule has 23 heavy (non-hydrogen) atoms. The van der Waals surface area contributed by atoms with Crippen LogP contribution in [-0.2, 0) is 9.53 Å². The van der Waals surface area contributed by atoms with Gasteiger partial charge in [0, 0.05) is 0 Å². The van der Waals surface area contributed by atoms with E-state index in [-0.39, 0.29) is 12.5 Å². The second-order valence-corrected chi connectivity index (χ2v) is 7.46. The van der Waals surface area contributed by atoms with E-state index in [0.29, 0.717) is 11.0 Å². The first kappa shape index (κ1) is 22.0. The number of carbonyl (C=O) groups is 1. The van der Waals surface area contributed by atoms with Gasteiger partial charge in [-0.2, -0.15) is 0 Å². The Kier molecular flexibility index (Phi) is 12.8. The summed E-state index contributed by atoms with van der Waals surface area (Å²) >= 11 is 0. The Hall–Kier alpha value is -1.03. The summed E-state index contributed by atoms with van der Waals surface area (Å²) in [6.45, 7) is 2.93. The fourth-order valence-corrected chi connectivity index (χ4v) is 2.59. The van der Waals surface area contributed by atoms with Gasteiger partial charge in [0.1, 0.15) is 6.54 Å². The van der Waals surface area contributed by atoms with Crippen molar-refractivity contribution in [2.24, 2.45) is 0 Å². The molecular weight excluding hydrogens is 290 g/mol. The third-order valence-electron chi connectivity index (χ3n) is 3.75. The highest BCUT2D eigenvalue weighted by atomic mass is 16.5. The normalized spacial score (nSPS) is 13.4. The number of likely N-dealkylation sites (N-methyl/N-ethyl adjacent to an activating group) is 1. The summed E-state index contributed by atoms with van der Waals surface area (Å²) in [6.07, 6.45) is 15.1. The van der Waals surface area contributed by atoms with Gasteiger partial charge < -0.3 is 14.3 Å². The number of quaternary nitrogens is 1. The van der Waals surface area contributed by atoms with E-state index in [2.05, 4.69) is 6.92 Å². The van der Waals surface area contributed by atoms with E-state index in [0.717, 1.165) is 6.42 Å². The number of nitrogens with zero attached hydrogens (tertiary/aromatic N) is 1. The number of ether oxygens (including phenoxy) is 1. The summed E-state index contributed by atoms with van der Waals surface area (Å²) in [5, 5.41) is 8.95. The number of aliphatic carboxylic acids is 1. The third-order valence-corrected chi connectivity index (χ3v) is 3.75. The van der Waals surface area contributed by atoms with Crippen LogP contribution in [0, 0.1) is 0 Å². The van der Waals surface area contributed by atoms with E-state index in [4.69, 9.17) is 9.84 Å². The van der Waals surface area contributed by atoms with Gasteiger partial charge in [0.05, 0.1) is 33.8 Å². The van der Waals surface area contributed by atoms with Crippen LogP contribution in [-0.4, -0.2) is 49.4 Å². The molecule has 0 aromatic heterocycles. The molecule has 0 fully saturated rings. The van der Waals surface area contributed by atoms with Crippen molar-refractivity contribution in [1.29, 1.82) is 0 Å². The number of hydrogen-bond donors (Lipinski definition) is 1. The molecule has 1 N–H and O–H groups in total. The van der Waals surface area contributed by atoms with Crippen LogP contribution >= 0.6 is 0 Å². The minimum absolute atomic E-state index is 0.0532. The maximum atomic E-state index is 10.9. The molecule has 1 atom stereocenters.